The lowest BCUT2D eigenvalue weighted by Gasteiger charge is -2.14. The molecule has 3 aromatic rings. The van der Waals surface area contributed by atoms with Crippen LogP contribution in [0.5, 0.6) is 0 Å². The van der Waals surface area contributed by atoms with E-state index in [1.165, 1.54) is 22.6 Å². The zero-order chi connectivity index (χ0) is 19.8. The maximum Gasteiger partial charge on any atom is 0.416 e. The Morgan fingerprint density at radius 1 is 0.630 bits per heavy atom. The van der Waals surface area contributed by atoms with Crippen molar-refractivity contribution in [2.75, 3.05) is 0 Å². The summed E-state index contributed by atoms with van der Waals surface area (Å²) in [5.41, 5.74) is 4.06. The van der Waals surface area contributed by atoms with E-state index in [4.69, 9.17) is 0 Å². The molecule has 0 aliphatic rings. The average Bonchev–Trinajstić information content (AvgIpc) is 2.58. The summed E-state index contributed by atoms with van der Waals surface area (Å²) in [6.45, 7) is 8.25. The minimum absolute atomic E-state index is 0.457. The van der Waals surface area contributed by atoms with Crippen LogP contribution < -0.4 is 0 Å². The van der Waals surface area contributed by atoms with E-state index in [1.54, 1.807) is 12.1 Å². The summed E-state index contributed by atoms with van der Waals surface area (Å²) in [4.78, 5) is 3.18. The Hall–Kier alpha value is -2.20. The maximum absolute atomic E-state index is 13.0. The first-order valence-corrected chi connectivity index (χ1v) is 9.95. The normalized spacial score (nSPS) is 12.9. The van der Waals surface area contributed by atoms with Crippen LogP contribution in [0, 0.1) is 27.7 Å². The number of hydrogen-bond acceptors (Lipinski definition) is 0. The molecule has 3 rings (SSSR count). The first-order chi connectivity index (χ1) is 12.7. The Bertz CT molecular complexity index is 916. The second-order valence-corrected chi connectivity index (χ2v) is 8.83. The lowest BCUT2D eigenvalue weighted by atomic mass is 10.1. The smallest absolute Gasteiger partial charge is 0.166 e. The van der Waals surface area contributed by atoms with E-state index in [1.807, 2.05) is 6.92 Å². The predicted molar refractivity (Wildman–Crippen MR) is 105 cm³/mol. The molecule has 0 nitrogen and oxygen atoms in total. The van der Waals surface area contributed by atoms with E-state index in [-0.39, 0.29) is 0 Å². The van der Waals surface area contributed by atoms with Gasteiger partial charge in [0.25, 0.3) is 0 Å². The van der Waals surface area contributed by atoms with Crippen LogP contribution in [0.25, 0.3) is 0 Å². The fraction of sp³-hybridized carbons (Fsp3) is 0.217. The molecule has 0 bridgehead atoms. The van der Waals surface area contributed by atoms with Gasteiger partial charge in [0.1, 0.15) is 0 Å². The van der Waals surface area contributed by atoms with Gasteiger partial charge >= 0.3 is 6.18 Å². The minimum Gasteiger partial charge on any atom is -0.166 e. The van der Waals surface area contributed by atoms with Gasteiger partial charge in [-0.25, -0.2) is 0 Å². The molecule has 0 heterocycles. The Morgan fingerprint density at radius 3 is 1.52 bits per heavy atom. The van der Waals surface area contributed by atoms with Gasteiger partial charge in [-0.15, -0.1) is 0 Å². The fourth-order valence-corrected chi connectivity index (χ4v) is 5.64. The maximum atomic E-state index is 13.0. The molecule has 140 valence electrons. The molecule has 1 unspecified atom stereocenters. The molecule has 3 aromatic carbocycles. The summed E-state index contributed by atoms with van der Waals surface area (Å²) in [5, 5.41) is 0. The van der Waals surface area contributed by atoms with Crippen molar-refractivity contribution >= 4 is 10.9 Å². The van der Waals surface area contributed by atoms with Gasteiger partial charge in [-0.2, -0.15) is 13.2 Å². The molecule has 0 aliphatic heterocycles. The first kappa shape index (κ1) is 19.6. The Kier molecular flexibility index (Phi) is 5.38. The van der Waals surface area contributed by atoms with Crippen LogP contribution in [0.15, 0.2) is 75.4 Å². The van der Waals surface area contributed by atoms with Crippen molar-refractivity contribution in [3.05, 3.63) is 88.5 Å². The molecule has 27 heavy (non-hydrogen) atoms. The van der Waals surface area contributed by atoms with Crippen molar-refractivity contribution in [1.29, 1.82) is 0 Å². The highest BCUT2D eigenvalue weighted by Crippen LogP contribution is 2.37. The second-order valence-electron chi connectivity index (χ2n) is 6.87. The SMILES string of the molecule is Cc1ccc([S+](c2ccc(C(F)(F)F)cc2)c2c(C)cc(C)cc2C)cc1. The second kappa shape index (κ2) is 7.43. The molecule has 4 heteroatoms. The fourth-order valence-electron chi connectivity index (χ4n) is 3.31. The minimum atomic E-state index is -4.32. The molecule has 0 aromatic heterocycles. The van der Waals surface area contributed by atoms with E-state index >= 15 is 0 Å². The summed E-state index contributed by atoms with van der Waals surface area (Å²) >= 11 is 0. The van der Waals surface area contributed by atoms with Crippen LogP contribution in [0.1, 0.15) is 27.8 Å². The van der Waals surface area contributed by atoms with Crippen LogP contribution in [0.4, 0.5) is 13.2 Å². The van der Waals surface area contributed by atoms with E-state index in [9.17, 15) is 13.2 Å². The highest BCUT2D eigenvalue weighted by atomic mass is 32.2. The highest BCUT2D eigenvalue weighted by molar-refractivity contribution is 7.97. The van der Waals surface area contributed by atoms with Gasteiger partial charge in [0.15, 0.2) is 14.7 Å². The van der Waals surface area contributed by atoms with Crippen molar-refractivity contribution in [2.24, 2.45) is 0 Å². The third-order valence-corrected chi connectivity index (χ3v) is 7.02. The van der Waals surface area contributed by atoms with Gasteiger partial charge in [0, 0.05) is 11.1 Å². The van der Waals surface area contributed by atoms with E-state index in [2.05, 4.69) is 57.2 Å². The van der Waals surface area contributed by atoms with Gasteiger partial charge in [-0.05, 0) is 64.1 Å². The topological polar surface area (TPSA) is 0 Å². The number of aryl methyl sites for hydroxylation is 4. The molecule has 0 N–H and O–H groups in total. The van der Waals surface area contributed by atoms with Crippen LogP contribution in [0.3, 0.4) is 0 Å². The molecular formula is C23H22F3S+. The molecule has 0 radical (unpaired) electrons. The summed E-state index contributed by atoms with van der Waals surface area (Å²) in [6.07, 6.45) is -4.32. The predicted octanol–water partition coefficient (Wildman–Crippen LogP) is 7.03. The molecule has 0 aliphatic carbocycles. The molecular weight excluding hydrogens is 365 g/mol. The molecule has 0 fully saturated rings. The van der Waals surface area contributed by atoms with Gasteiger partial charge in [-0.3, -0.25) is 0 Å². The summed E-state index contributed by atoms with van der Waals surface area (Å²) in [7, 11) is -0.457. The molecule has 0 saturated heterocycles. The van der Waals surface area contributed by atoms with Gasteiger partial charge in [0.05, 0.1) is 16.5 Å². The quantitative estimate of drug-likeness (QED) is 0.423. The zero-order valence-electron chi connectivity index (χ0n) is 15.8. The monoisotopic (exact) mass is 387 g/mol. The van der Waals surface area contributed by atoms with Crippen molar-refractivity contribution in [3.8, 4) is 0 Å². The number of hydrogen-bond donors (Lipinski definition) is 0. The number of halogens is 3. The third-order valence-electron chi connectivity index (χ3n) is 4.48. The lowest BCUT2D eigenvalue weighted by Crippen LogP contribution is -2.10. The van der Waals surface area contributed by atoms with Crippen molar-refractivity contribution in [2.45, 2.75) is 48.6 Å². The zero-order valence-corrected chi connectivity index (χ0v) is 16.6. The molecule has 1 atom stereocenters. The van der Waals surface area contributed by atoms with Crippen LogP contribution in [-0.4, -0.2) is 0 Å². The van der Waals surface area contributed by atoms with Gasteiger partial charge < -0.3 is 0 Å². The largest absolute Gasteiger partial charge is 0.416 e. The van der Waals surface area contributed by atoms with E-state index in [0.29, 0.717) is 0 Å². The van der Waals surface area contributed by atoms with Gasteiger partial charge in [-0.1, -0.05) is 35.4 Å². The lowest BCUT2D eigenvalue weighted by molar-refractivity contribution is -0.137. The molecule has 0 saturated carbocycles. The standard InChI is InChI=1S/C23H22F3S/c1-15-5-9-20(10-6-15)27(22-17(3)13-16(2)14-18(22)4)21-11-7-19(8-12-21)23(24,25)26/h5-14H,1-4H3/q+1. The molecule has 0 spiro atoms. The highest BCUT2D eigenvalue weighted by Gasteiger charge is 2.35. The van der Waals surface area contributed by atoms with E-state index < -0.39 is 22.6 Å². The third kappa shape index (κ3) is 4.22. The van der Waals surface area contributed by atoms with Crippen LogP contribution >= 0.6 is 0 Å². The summed E-state index contributed by atoms with van der Waals surface area (Å²) in [6, 6.07) is 18.1. The van der Waals surface area contributed by atoms with E-state index in [0.717, 1.165) is 26.5 Å². The summed E-state index contributed by atoms with van der Waals surface area (Å²) < 4.78 is 39.0. The first-order valence-electron chi connectivity index (χ1n) is 8.73. The van der Waals surface area contributed by atoms with Crippen molar-refractivity contribution in [3.63, 3.8) is 0 Å². The molecule has 0 amide bonds. The Morgan fingerprint density at radius 2 is 1.07 bits per heavy atom. The Balaban J connectivity index is 2.19. The number of alkyl halides is 3. The Labute approximate surface area is 161 Å². The van der Waals surface area contributed by atoms with Crippen molar-refractivity contribution in [1.82, 2.24) is 0 Å². The van der Waals surface area contributed by atoms with Crippen LogP contribution in [-0.2, 0) is 17.1 Å². The van der Waals surface area contributed by atoms with Crippen molar-refractivity contribution < 1.29 is 13.2 Å². The number of rotatable bonds is 3. The van der Waals surface area contributed by atoms with Crippen LogP contribution in [0.2, 0.25) is 0 Å². The summed E-state index contributed by atoms with van der Waals surface area (Å²) in [5.74, 6) is 0. The average molecular weight is 387 g/mol. The number of benzene rings is 3. The van der Waals surface area contributed by atoms with Gasteiger partial charge in [0.2, 0.25) is 0 Å².